The van der Waals surface area contributed by atoms with Crippen molar-refractivity contribution in [3.05, 3.63) is 67.8 Å². The summed E-state index contributed by atoms with van der Waals surface area (Å²) in [7, 11) is 0. The summed E-state index contributed by atoms with van der Waals surface area (Å²) in [5, 5.41) is 21.7. The van der Waals surface area contributed by atoms with E-state index in [1.165, 1.54) is 17.9 Å². The van der Waals surface area contributed by atoms with Crippen LogP contribution < -0.4 is 0 Å². The van der Waals surface area contributed by atoms with Crippen LogP contribution in [0.15, 0.2) is 60.7 Å². The van der Waals surface area contributed by atoms with E-state index >= 15 is 0 Å². The number of hydrogen-bond donors (Lipinski definition) is 1. The highest BCUT2D eigenvalue weighted by atomic mass is 127. The number of aliphatic hydroxyl groups is 1. The normalized spacial score (nSPS) is 13.0. The molecule has 2 aromatic heterocycles. The standard InChI is InChI=1S/C21H16I2N4O/c22-13-5-7-19-16(9-13)17-10-14(23)6-8-20(17)26(19)11-15(28)12-27-21-4-2-1-3-18(21)24-25-27/h1-10,15,28H,11-12H2/t15-/m0/s1. The molecule has 3 aromatic carbocycles. The van der Waals surface area contributed by atoms with Crippen molar-refractivity contribution in [3.63, 3.8) is 0 Å². The molecule has 140 valence electrons. The molecule has 5 nitrogen and oxygen atoms in total. The highest BCUT2D eigenvalue weighted by Gasteiger charge is 2.16. The molecule has 28 heavy (non-hydrogen) atoms. The van der Waals surface area contributed by atoms with Crippen LogP contribution in [0, 0.1) is 7.14 Å². The molecule has 0 radical (unpaired) electrons. The van der Waals surface area contributed by atoms with Gasteiger partial charge in [0.1, 0.15) is 5.52 Å². The molecular weight excluding hydrogens is 578 g/mol. The van der Waals surface area contributed by atoms with Crippen LogP contribution in [0.3, 0.4) is 0 Å². The number of benzene rings is 3. The molecule has 0 bridgehead atoms. The minimum absolute atomic E-state index is 0.399. The molecule has 0 unspecified atom stereocenters. The largest absolute Gasteiger partial charge is 0.389 e. The Morgan fingerprint density at radius 3 is 2.14 bits per heavy atom. The van der Waals surface area contributed by atoms with Gasteiger partial charge in [-0.3, -0.25) is 0 Å². The van der Waals surface area contributed by atoms with E-state index in [1.807, 2.05) is 24.3 Å². The number of rotatable bonds is 4. The highest BCUT2D eigenvalue weighted by Crippen LogP contribution is 2.31. The van der Waals surface area contributed by atoms with Crippen LogP contribution in [-0.4, -0.2) is 30.8 Å². The van der Waals surface area contributed by atoms with E-state index in [9.17, 15) is 5.11 Å². The third kappa shape index (κ3) is 3.18. The van der Waals surface area contributed by atoms with Crippen LogP contribution in [-0.2, 0) is 13.1 Å². The minimum Gasteiger partial charge on any atom is -0.389 e. The van der Waals surface area contributed by atoms with Crippen LogP contribution in [0.25, 0.3) is 32.8 Å². The second-order valence-corrected chi connectivity index (χ2v) is 9.34. The second kappa shape index (κ2) is 7.27. The van der Waals surface area contributed by atoms with Gasteiger partial charge in [-0.2, -0.15) is 0 Å². The average molecular weight is 594 g/mol. The van der Waals surface area contributed by atoms with Gasteiger partial charge in [0, 0.05) is 28.9 Å². The van der Waals surface area contributed by atoms with Gasteiger partial charge in [0.05, 0.1) is 24.7 Å². The lowest BCUT2D eigenvalue weighted by Gasteiger charge is -2.14. The topological polar surface area (TPSA) is 55.9 Å². The van der Waals surface area contributed by atoms with Gasteiger partial charge in [0.2, 0.25) is 0 Å². The van der Waals surface area contributed by atoms with Gasteiger partial charge in [-0.05, 0) is 93.7 Å². The lowest BCUT2D eigenvalue weighted by molar-refractivity contribution is 0.133. The number of aliphatic hydroxyl groups excluding tert-OH is 1. The first-order valence-corrected chi connectivity index (χ1v) is 11.1. The number of aromatic nitrogens is 4. The van der Waals surface area contributed by atoms with Gasteiger partial charge >= 0.3 is 0 Å². The van der Waals surface area contributed by atoms with Gasteiger partial charge in [-0.15, -0.1) is 5.10 Å². The molecule has 2 heterocycles. The highest BCUT2D eigenvalue weighted by molar-refractivity contribution is 14.1. The summed E-state index contributed by atoms with van der Waals surface area (Å²) >= 11 is 4.69. The molecule has 0 aliphatic rings. The maximum atomic E-state index is 10.9. The van der Waals surface area contributed by atoms with Crippen molar-refractivity contribution in [2.75, 3.05) is 0 Å². The summed E-state index contributed by atoms with van der Waals surface area (Å²) in [6.07, 6.45) is -0.581. The average Bonchev–Trinajstić information content (AvgIpc) is 3.21. The van der Waals surface area contributed by atoms with E-state index in [-0.39, 0.29) is 0 Å². The van der Waals surface area contributed by atoms with Crippen molar-refractivity contribution in [1.82, 2.24) is 19.6 Å². The summed E-state index contributed by atoms with van der Waals surface area (Å²) in [4.78, 5) is 0. The van der Waals surface area contributed by atoms with Gasteiger partial charge < -0.3 is 9.67 Å². The molecule has 5 aromatic rings. The predicted molar refractivity (Wildman–Crippen MR) is 128 cm³/mol. The number of fused-ring (bicyclic) bond motifs is 4. The van der Waals surface area contributed by atoms with E-state index < -0.39 is 6.10 Å². The molecule has 0 amide bonds. The van der Waals surface area contributed by atoms with E-state index in [4.69, 9.17) is 0 Å². The number of hydrogen-bond acceptors (Lipinski definition) is 3. The Labute approximate surface area is 188 Å². The zero-order chi connectivity index (χ0) is 19.3. The van der Waals surface area contributed by atoms with Crippen molar-refractivity contribution in [3.8, 4) is 0 Å². The molecule has 0 saturated heterocycles. The quantitative estimate of drug-likeness (QED) is 0.304. The molecule has 0 aliphatic carbocycles. The molecule has 0 saturated carbocycles. The summed E-state index contributed by atoms with van der Waals surface area (Å²) in [5.74, 6) is 0. The summed E-state index contributed by atoms with van der Waals surface area (Å²) < 4.78 is 6.40. The van der Waals surface area contributed by atoms with Crippen LogP contribution in [0.1, 0.15) is 0 Å². The Morgan fingerprint density at radius 2 is 1.46 bits per heavy atom. The fraction of sp³-hybridized carbons (Fsp3) is 0.143. The van der Waals surface area contributed by atoms with Gasteiger partial charge in [0.15, 0.2) is 0 Å². The predicted octanol–water partition coefficient (Wildman–Crippen LogP) is 4.81. The second-order valence-electron chi connectivity index (χ2n) is 6.85. The van der Waals surface area contributed by atoms with Crippen molar-refractivity contribution in [2.45, 2.75) is 19.2 Å². The maximum absolute atomic E-state index is 10.9. The van der Waals surface area contributed by atoms with Crippen LogP contribution in [0.2, 0.25) is 0 Å². The van der Waals surface area contributed by atoms with E-state index in [2.05, 4.69) is 96.5 Å². The third-order valence-corrected chi connectivity index (χ3v) is 6.33. The fourth-order valence-corrected chi connectivity index (χ4v) is 4.75. The van der Waals surface area contributed by atoms with E-state index in [1.54, 1.807) is 4.68 Å². The molecule has 7 heteroatoms. The summed E-state index contributed by atoms with van der Waals surface area (Å²) in [6.45, 7) is 0.895. The number of nitrogens with zero attached hydrogens (tertiary/aromatic N) is 4. The Hall–Kier alpha value is -1.72. The Balaban J connectivity index is 1.55. The molecule has 5 rings (SSSR count). The smallest absolute Gasteiger partial charge is 0.113 e. The van der Waals surface area contributed by atoms with Crippen molar-refractivity contribution >= 4 is 78.0 Å². The van der Waals surface area contributed by atoms with Crippen LogP contribution in [0.5, 0.6) is 0 Å². The maximum Gasteiger partial charge on any atom is 0.113 e. The van der Waals surface area contributed by atoms with Crippen molar-refractivity contribution in [1.29, 1.82) is 0 Å². The van der Waals surface area contributed by atoms with Crippen molar-refractivity contribution < 1.29 is 5.11 Å². The first-order chi connectivity index (χ1) is 13.6. The van der Waals surface area contributed by atoms with E-state index in [0.717, 1.165) is 22.1 Å². The van der Waals surface area contributed by atoms with Gasteiger partial charge in [-0.25, -0.2) is 4.68 Å². The van der Waals surface area contributed by atoms with Gasteiger partial charge in [0.25, 0.3) is 0 Å². The molecular formula is C21H16I2N4O. The molecule has 0 aliphatic heterocycles. The van der Waals surface area contributed by atoms with Crippen molar-refractivity contribution in [2.24, 2.45) is 0 Å². The van der Waals surface area contributed by atoms with Crippen LogP contribution >= 0.6 is 45.2 Å². The minimum atomic E-state index is -0.581. The molecule has 1 atom stereocenters. The molecule has 0 spiro atoms. The van der Waals surface area contributed by atoms with Gasteiger partial charge in [-0.1, -0.05) is 17.3 Å². The van der Waals surface area contributed by atoms with Crippen LogP contribution in [0.4, 0.5) is 0 Å². The Morgan fingerprint density at radius 1 is 0.821 bits per heavy atom. The SMILES string of the molecule is O[C@H](Cn1nnc2ccccc21)Cn1c2ccc(I)cc2c2cc(I)ccc21. The third-order valence-electron chi connectivity index (χ3n) is 4.99. The first kappa shape index (κ1) is 18.3. The molecule has 1 N–H and O–H groups in total. The number of halogens is 2. The number of para-hydroxylation sites is 1. The fourth-order valence-electron chi connectivity index (χ4n) is 3.77. The zero-order valence-corrected chi connectivity index (χ0v) is 19.1. The first-order valence-electron chi connectivity index (χ1n) is 8.93. The summed E-state index contributed by atoms with van der Waals surface area (Å²) in [6, 6.07) is 20.7. The molecule has 0 fully saturated rings. The Bertz CT molecular complexity index is 1270. The summed E-state index contributed by atoms with van der Waals surface area (Å²) in [5.41, 5.74) is 4.06. The Kier molecular flexibility index (Phi) is 4.76. The zero-order valence-electron chi connectivity index (χ0n) is 14.8. The monoisotopic (exact) mass is 594 g/mol. The van der Waals surface area contributed by atoms with E-state index in [0.29, 0.717) is 13.1 Å². The lowest BCUT2D eigenvalue weighted by atomic mass is 10.2. The lowest BCUT2D eigenvalue weighted by Crippen LogP contribution is -2.22.